The molecule has 21 heavy (non-hydrogen) atoms. The Labute approximate surface area is 132 Å². The lowest BCUT2D eigenvalue weighted by molar-refractivity contribution is 0.0695. The molecule has 0 spiro atoms. The van der Waals surface area contributed by atoms with Crippen LogP contribution in [0.2, 0.25) is 0 Å². The van der Waals surface area contributed by atoms with E-state index in [-0.39, 0.29) is 23.1 Å². The van der Waals surface area contributed by atoms with Crippen molar-refractivity contribution in [3.63, 3.8) is 0 Å². The third-order valence-electron chi connectivity index (χ3n) is 3.04. The number of ether oxygens (including phenoxy) is 1. The molecule has 1 atom stereocenters. The van der Waals surface area contributed by atoms with Crippen molar-refractivity contribution in [3.05, 3.63) is 27.7 Å². The lowest BCUT2D eigenvalue weighted by Gasteiger charge is -2.17. The summed E-state index contributed by atoms with van der Waals surface area (Å²) >= 11 is 3.19. The summed E-state index contributed by atoms with van der Waals surface area (Å²) in [5.74, 6) is -1.17. The lowest BCUT2D eigenvalue weighted by atomic mass is 10.1. The third kappa shape index (κ3) is 4.50. The molecule has 1 rings (SSSR count). The van der Waals surface area contributed by atoms with Crippen LogP contribution in [0.3, 0.4) is 0 Å². The predicted molar refractivity (Wildman–Crippen MR) is 82.1 cm³/mol. The topological polar surface area (TPSA) is 92.7 Å². The highest BCUT2D eigenvalue weighted by molar-refractivity contribution is 9.10. The second-order valence-corrected chi connectivity index (χ2v) is 7.13. The molecule has 0 aliphatic carbocycles. The van der Waals surface area contributed by atoms with Crippen molar-refractivity contribution < 1.29 is 23.1 Å². The van der Waals surface area contributed by atoms with Crippen molar-refractivity contribution in [2.75, 3.05) is 13.7 Å². The molecule has 0 fully saturated rings. The second kappa shape index (κ2) is 7.35. The van der Waals surface area contributed by atoms with Crippen molar-refractivity contribution in [2.24, 2.45) is 0 Å². The van der Waals surface area contributed by atoms with Crippen LogP contribution in [0.5, 0.6) is 0 Å². The van der Waals surface area contributed by atoms with Crippen molar-refractivity contribution in [2.45, 2.75) is 31.2 Å². The first kappa shape index (κ1) is 18.1. The molecule has 1 aromatic rings. The van der Waals surface area contributed by atoms with Crippen LogP contribution in [-0.4, -0.2) is 39.3 Å². The first-order valence-corrected chi connectivity index (χ1v) is 8.55. The van der Waals surface area contributed by atoms with E-state index in [4.69, 9.17) is 9.84 Å². The number of rotatable bonds is 7. The Balaban J connectivity index is 3.23. The number of nitrogens with one attached hydrogen (secondary N) is 1. The molecule has 0 aliphatic heterocycles. The average molecular weight is 380 g/mol. The maximum Gasteiger partial charge on any atom is 0.336 e. The van der Waals surface area contributed by atoms with Crippen molar-refractivity contribution in [1.82, 2.24) is 4.72 Å². The number of halogens is 1. The number of hydrogen-bond acceptors (Lipinski definition) is 4. The summed E-state index contributed by atoms with van der Waals surface area (Å²) < 4.78 is 32.6. The van der Waals surface area contributed by atoms with Crippen molar-refractivity contribution in [3.8, 4) is 0 Å². The smallest absolute Gasteiger partial charge is 0.336 e. The molecule has 8 heteroatoms. The minimum Gasteiger partial charge on any atom is -0.478 e. The molecule has 2 N–H and O–H groups in total. The van der Waals surface area contributed by atoms with Crippen LogP contribution in [0, 0.1) is 6.92 Å². The number of sulfonamides is 1. The van der Waals surface area contributed by atoms with E-state index in [1.807, 2.05) is 6.92 Å². The summed E-state index contributed by atoms with van der Waals surface area (Å²) in [5, 5.41) is 9.14. The van der Waals surface area contributed by atoms with Crippen LogP contribution in [0.25, 0.3) is 0 Å². The van der Waals surface area contributed by atoms with Gasteiger partial charge in [-0.1, -0.05) is 22.9 Å². The van der Waals surface area contributed by atoms with Crippen LogP contribution in [0.4, 0.5) is 0 Å². The van der Waals surface area contributed by atoms with E-state index < -0.39 is 16.0 Å². The highest BCUT2D eigenvalue weighted by Crippen LogP contribution is 2.25. The summed E-state index contributed by atoms with van der Waals surface area (Å²) in [6.45, 7) is 3.69. The van der Waals surface area contributed by atoms with E-state index in [1.165, 1.54) is 13.2 Å². The van der Waals surface area contributed by atoms with Crippen LogP contribution in [-0.2, 0) is 14.8 Å². The summed E-state index contributed by atoms with van der Waals surface area (Å²) in [5.41, 5.74) is 0.426. The molecule has 1 aromatic carbocycles. The number of aromatic carboxylic acids is 1. The fourth-order valence-corrected chi connectivity index (χ4v) is 3.72. The number of benzene rings is 1. The molecule has 0 radical (unpaired) electrons. The molecule has 0 amide bonds. The Hall–Kier alpha value is -0.960. The SMILES string of the molecule is CCC(COC)NS(=O)(=O)c1cc(Br)c(C)c(C(=O)O)c1. The van der Waals surface area contributed by atoms with Gasteiger partial charge < -0.3 is 9.84 Å². The molecule has 0 saturated heterocycles. The normalized spacial score (nSPS) is 13.1. The molecular formula is C13H18BrNO5S. The summed E-state index contributed by atoms with van der Waals surface area (Å²) in [4.78, 5) is 11.1. The largest absolute Gasteiger partial charge is 0.478 e. The molecule has 6 nitrogen and oxygen atoms in total. The number of carboxylic acids is 1. The van der Waals surface area contributed by atoms with Gasteiger partial charge >= 0.3 is 5.97 Å². The summed E-state index contributed by atoms with van der Waals surface area (Å²) in [6, 6.07) is 2.18. The van der Waals surface area contributed by atoms with Gasteiger partial charge in [-0.2, -0.15) is 0 Å². The van der Waals surface area contributed by atoms with E-state index >= 15 is 0 Å². The van der Waals surface area contributed by atoms with Gasteiger partial charge in [-0.15, -0.1) is 0 Å². The molecule has 0 aromatic heterocycles. The predicted octanol–water partition coefficient (Wildman–Crippen LogP) is 2.16. The molecule has 0 saturated carbocycles. The fraction of sp³-hybridized carbons (Fsp3) is 0.462. The number of carbonyl (C=O) groups is 1. The maximum atomic E-state index is 12.3. The third-order valence-corrected chi connectivity index (χ3v) is 5.36. The average Bonchev–Trinajstić information content (AvgIpc) is 2.40. The van der Waals surface area contributed by atoms with Gasteiger partial charge in [0.25, 0.3) is 0 Å². The molecular weight excluding hydrogens is 362 g/mol. The standard InChI is InChI=1S/C13H18BrNO5S/c1-4-9(7-20-3)15-21(18,19)10-5-11(13(16)17)8(2)12(14)6-10/h5-6,9,15H,4,7H2,1-3H3,(H,16,17). The Morgan fingerprint density at radius 1 is 1.48 bits per heavy atom. The maximum absolute atomic E-state index is 12.3. The summed E-state index contributed by atoms with van der Waals surface area (Å²) in [7, 11) is -2.32. The Bertz CT molecular complexity index is 630. The zero-order valence-corrected chi connectivity index (χ0v) is 14.4. The van der Waals surface area contributed by atoms with E-state index in [9.17, 15) is 13.2 Å². The lowest BCUT2D eigenvalue weighted by Crippen LogP contribution is -2.37. The van der Waals surface area contributed by atoms with E-state index in [1.54, 1.807) is 6.92 Å². The molecule has 1 unspecified atom stereocenters. The zero-order chi connectivity index (χ0) is 16.2. The van der Waals surface area contributed by atoms with E-state index in [0.717, 1.165) is 6.07 Å². The van der Waals surface area contributed by atoms with Gasteiger partial charge in [-0.05, 0) is 31.0 Å². The minimum atomic E-state index is -3.81. The van der Waals surface area contributed by atoms with Crippen LogP contribution < -0.4 is 4.72 Å². The van der Waals surface area contributed by atoms with Crippen LogP contribution in [0.15, 0.2) is 21.5 Å². The van der Waals surface area contributed by atoms with E-state index in [2.05, 4.69) is 20.7 Å². The zero-order valence-electron chi connectivity index (χ0n) is 12.0. The Morgan fingerprint density at radius 3 is 2.57 bits per heavy atom. The Kier molecular flexibility index (Phi) is 6.33. The number of methoxy groups -OCH3 is 1. The molecule has 118 valence electrons. The van der Waals surface area contributed by atoms with Crippen molar-refractivity contribution >= 4 is 31.9 Å². The van der Waals surface area contributed by atoms with Gasteiger partial charge in [-0.25, -0.2) is 17.9 Å². The monoisotopic (exact) mass is 379 g/mol. The van der Waals surface area contributed by atoms with E-state index in [0.29, 0.717) is 16.5 Å². The van der Waals surface area contributed by atoms with Gasteiger partial charge in [-0.3, -0.25) is 0 Å². The van der Waals surface area contributed by atoms with Crippen molar-refractivity contribution in [1.29, 1.82) is 0 Å². The van der Waals surface area contributed by atoms with Gasteiger partial charge in [0.05, 0.1) is 17.1 Å². The highest BCUT2D eigenvalue weighted by Gasteiger charge is 2.22. The number of carboxylic acid groups (broad SMARTS) is 1. The van der Waals surface area contributed by atoms with Gasteiger partial charge in [0.1, 0.15) is 0 Å². The quantitative estimate of drug-likeness (QED) is 0.756. The first-order chi connectivity index (χ1) is 9.72. The summed E-state index contributed by atoms with van der Waals surface area (Å²) in [6.07, 6.45) is 0.561. The first-order valence-electron chi connectivity index (χ1n) is 6.27. The van der Waals surface area contributed by atoms with Crippen LogP contribution >= 0.6 is 15.9 Å². The van der Waals surface area contributed by atoms with Gasteiger partial charge in [0, 0.05) is 17.6 Å². The second-order valence-electron chi connectivity index (χ2n) is 4.56. The van der Waals surface area contributed by atoms with Crippen LogP contribution in [0.1, 0.15) is 29.3 Å². The fourth-order valence-electron chi connectivity index (χ4n) is 1.76. The van der Waals surface area contributed by atoms with Gasteiger partial charge in [0.2, 0.25) is 10.0 Å². The highest BCUT2D eigenvalue weighted by atomic mass is 79.9. The number of hydrogen-bond donors (Lipinski definition) is 2. The minimum absolute atomic E-state index is 0.0514. The van der Waals surface area contributed by atoms with Gasteiger partial charge in [0.15, 0.2) is 0 Å². The Morgan fingerprint density at radius 2 is 2.10 bits per heavy atom. The molecule has 0 heterocycles. The molecule has 0 bridgehead atoms. The molecule has 0 aliphatic rings.